The van der Waals surface area contributed by atoms with Gasteiger partial charge in [-0.2, -0.15) is 0 Å². The molecule has 0 amide bonds. The standard InChI is InChI=1S/C12H16ClOS/c1-9(15)2-4-11-8-10(6-7-14)3-5-12(11)13/h3,5,8-9,14H,2,4,6-7H2,1H3. The monoisotopic (exact) mass is 243 g/mol. The molecule has 1 N–H and O–H groups in total. The molecule has 0 aliphatic carbocycles. The van der Waals surface area contributed by atoms with Gasteiger partial charge in [-0.15, -0.1) is 0 Å². The van der Waals surface area contributed by atoms with Gasteiger partial charge in [-0.05, 0) is 36.5 Å². The summed E-state index contributed by atoms with van der Waals surface area (Å²) in [6, 6.07) is 5.92. The van der Waals surface area contributed by atoms with Gasteiger partial charge in [0.1, 0.15) is 0 Å². The van der Waals surface area contributed by atoms with Gasteiger partial charge in [0.05, 0.1) is 0 Å². The summed E-state index contributed by atoms with van der Waals surface area (Å²) in [5.41, 5.74) is 2.27. The van der Waals surface area contributed by atoms with Crippen LogP contribution >= 0.6 is 24.2 Å². The highest BCUT2D eigenvalue weighted by atomic mass is 35.5. The van der Waals surface area contributed by atoms with Crippen LogP contribution in [-0.2, 0) is 12.8 Å². The second-order valence-electron chi connectivity index (χ2n) is 3.75. The second kappa shape index (κ2) is 6.41. The van der Waals surface area contributed by atoms with E-state index in [1.807, 2.05) is 19.1 Å². The number of rotatable bonds is 5. The fraction of sp³-hybridized carbons (Fsp3) is 0.500. The fourth-order valence-corrected chi connectivity index (χ4v) is 1.79. The highest BCUT2D eigenvalue weighted by molar-refractivity contribution is 7.80. The van der Waals surface area contributed by atoms with Gasteiger partial charge in [-0.3, -0.25) is 0 Å². The Morgan fingerprint density at radius 1 is 1.40 bits per heavy atom. The third kappa shape index (κ3) is 4.45. The summed E-state index contributed by atoms with van der Waals surface area (Å²) < 4.78 is 0. The van der Waals surface area contributed by atoms with Crippen LogP contribution in [0.2, 0.25) is 5.02 Å². The molecule has 0 saturated heterocycles. The number of aliphatic hydroxyl groups is 1. The van der Waals surface area contributed by atoms with E-state index in [1.54, 1.807) is 0 Å². The van der Waals surface area contributed by atoms with Crippen LogP contribution in [0.1, 0.15) is 24.5 Å². The molecule has 0 aliphatic rings. The Morgan fingerprint density at radius 2 is 2.13 bits per heavy atom. The molecule has 15 heavy (non-hydrogen) atoms. The summed E-state index contributed by atoms with van der Waals surface area (Å²) in [5, 5.41) is 9.93. The lowest BCUT2D eigenvalue weighted by Gasteiger charge is -2.08. The van der Waals surface area contributed by atoms with Crippen LogP contribution in [0.15, 0.2) is 18.2 Å². The molecule has 3 heteroatoms. The van der Waals surface area contributed by atoms with E-state index in [0.717, 1.165) is 29.0 Å². The summed E-state index contributed by atoms with van der Waals surface area (Å²) in [6.07, 6.45) is 2.58. The maximum absolute atomic E-state index is 8.85. The van der Waals surface area contributed by atoms with Crippen molar-refractivity contribution in [1.82, 2.24) is 0 Å². The predicted molar refractivity (Wildman–Crippen MR) is 67.6 cm³/mol. The molecule has 1 aromatic rings. The molecule has 0 fully saturated rings. The van der Waals surface area contributed by atoms with Crippen molar-refractivity contribution in [3.05, 3.63) is 34.3 Å². The molecule has 0 aliphatic heterocycles. The van der Waals surface area contributed by atoms with E-state index >= 15 is 0 Å². The van der Waals surface area contributed by atoms with Crippen molar-refractivity contribution < 1.29 is 5.11 Å². The molecule has 1 nitrogen and oxygen atoms in total. The largest absolute Gasteiger partial charge is 0.396 e. The van der Waals surface area contributed by atoms with E-state index in [-0.39, 0.29) is 11.9 Å². The first-order chi connectivity index (χ1) is 7.13. The van der Waals surface area contributed by atoms with Crippen LogP contribution in [0.5, 0.6) is 0 Å². The molecule has 0 bridgehead atoms. The first kappa shape index (κ1) is 12.9. The third-order valence-corrected chi connectivity index (χ3v) is 2.94. The summed E-state index contributed by atoms with van der Waals surface area (Å²) >= 11 is 11.2. The SMILES string of the molecule is CC([S])CCc1cc(CCO)ccc1Cl. The van der Waals surface area contributed by atoms with E-state index in [0.29, 0.717) is 6.42 Å². The van der Waals surface area contributed by atoms with Gasteiger partial charge in [-0.25, -0.2) is 0 Å². The highest BCUT2D eigenvalue weighted by Gasteiger charge is 2.04. The van der Waals surface area contributed by atoms with Crippen LogP contribution < -0.4 is 0 Å². The van der Waals surface area contributed by atoms with Crippen molar-refractivity contribution >= 4 is 24.2 Å². The maximum atomic E-state index is 8.85. The van der Waals surface area contributed by atoms with E-state index in [1.165, 1.54) is 0 Å². The Hall–Kier alpha value is -0.180. The molecule has 83 valence electrons. The van der Waals surface area contributed by atoms with E-state index in [4.69, 9.17) is 29.3 Å². The summed E-state index contributed by atoms with van der Waals surface area (Å²) in [6.45, 7) is 2.21. The van der Waals surface area contributed by atoms with Crippen molar-refractivity contribution in [2.45, 2.75) is 31.4 Å². The topological polar surface area (TPSA) is 20.2 Å². The highest BCUT2D eigenvalue weighted by Crippen LogP contribution is 2.20. The molecular formula is C12H16ClOS. The second-order valence-corrected chi connectivity index (χ2v) is 4.96. The Bertz CT molecular complexity index is 312. The van der Waals surface area contributed by atoms with Crippen LogP contribution in [0.25, 0.3) is 0 Å². The fourth-order valence-electron chi connectivity index (χ4n) is 1.46. The first-order valence-electron chi connectivity index (χ1n) is 5.17. The molecule has 0 spiro atoms. The Labute approximate surface area is 102 Å². The molecule has 1 radical (unpaired) electrons. The van der Waals surface area contributed by atoms with Gasteiger partial charge in [0.25, 0.3) is 0 Å². The summed E-state index contributed by atoms with van der Waals surface area (Å²) in [5.74, 6) is 0. The van der Waals surface area contributed by atoms with Crippen LogP contribution in [0, 0.1) is 0 Å². The molecule has 1 rings (SSSR count). The summed E-state index contributed by atoms with van der Waals surface area (Å²) in [4.78, 5) is 0. The van der Waals surface area contributed by atoms with Gasteiger partial charge in [-0.1, -0.05) is 43.3 Å². The number of hydrogen-bond acceptors (Lipinski definition) is 1. The van der Waals surface area contributed by atoms with Gasteiger partial charge < -0.3 is 5.11 Å². The minimum atomic E-state index is 0.179. The number of aryl methyl sites for hydroxylation is 1. The van der Waals surface area contributed by atoms with Gasteiger partial charge in [0, 0.05) is 16.9 Å². The Balaban J connectivity index is 2.71. The van der Waals surface area contributed by atoms with Gasteiger partial charge in [0.15, 0.2) is 0 Å². The predicted octanol–water partition coefficient (Wildman–Crippen LogP) is 3.39. The molecule has 0 heterocycles. The normalized spacial score (nSPS) is 12.8. The lowest BCUT2D eigenvalue weighted by atomic mass is 10.0. The van der Waals surface area contributed by atoms with Gasteiger partial charge in [0.2, 0.25) is 0 Å². The van der Waals surface area contributed by atoms with Crippen molar-refractivity contribution in [2.75, 3.05) is 6.61 Å². The number of hydrogen-bond donors (Lipinski definition) is 1. The molecule has 1 unspecified atom stereocenters. The van der Waals surface area contributed by atoms with Crippen molar-refractivity contribution in [2.24, 2.45) is 0 Å². The molecule has 1 aromatic carbocycles. The van der Waals surface area contributed by atoms with Crippen LogP contribution in [0.4, 0.5) is 0 Å². The van der Waals surface area contributed by atoms with Crippen molar-refractivity contribution in [1.29, 1.82) is 0 Å². The molecule has 0 aromatic heterocycles. The average Bonchev–Trinajstić information content (AvgIpc) is 2.19. The van der Waals surface area contributed by atoms with Crippen LogP contribution in [-0.4, -0.2) is 17.0 Å². The van der Waals surface area contributed by atoms with Gasteiger partial charge >= 0.3 is 0 Å². The molecule has 0 saturated carbocycles. The zero-order valence-electron chi connectivity index (χ0n) is 8.87. The first-order valence-corrected chi connectivity index (χ1v) is 6.02. The minimum Gasteiger partial charge on any atom is -0.396 e. The molecular weight excluding hydrogens is 228 g/mol. The van der Waals surface area contributed by atoms with Crippen molar-refractivity contribution in [3.63, 3.8) is 0 Å². The quantitative estimate of drug-likeness (QED) is 0.841. The van der Waals surface area contributed by atoms with E-state index in [9.17, 15) is 0 Å². The maximum Gasteiger partial charge on any atom is 0.0471 e. The molecule has 1 atom stereocenters. The van der Waals surface area contributed by atoms with E-state index in [2.05, 4.69) is 6.07 Å². The Morgan fingerprint density at radius 3 is 2.73 bits per heavy atom. The number of benzene rings is 1. The summed E-state index contributed by atoms with van der Waals surface area (Å²) in [7, 11) is 0. The number of halogens is 1. The van der Waals surface area contributed by atoms with Crippen molar-refractivity contribution in [3.8, 4) is 0 Å². The smallest absolute Gasteiger partial charge is 0.0471 e. The number of aliphatic hydroxyl groups excluding tert-OH is 1. The average molecular weight is 244 g/mol. The zero-order valence-corrected chi connectivity index (χ0v) is 10.4. The lowest BCUT2D eigenvalue weighted by Crippen LogP contribution is -1.98. The lowest BCUT2D eigenvalue weighted by molar-refractivity contribution is 0.299. The Kier molecular flexibility index (Phi) is 5.51. The minimum absolute atomic E-state index is 0.179. The third-order valence-electron chi connectivity index (χ3n) is 2.33. The van der Waals surface area contributed by atoms with Crippen LogP contribution in [0.3, 0.4) is 0 Å². The van der Waals surface area contributed by atoms with E-state index < -0.39 is 0 Å². The zero-order chi connectivity index (χ0) is 11.3.